The second kappa shape index (κ2) is 8.44. The van der Waals surface area contributed by atoms with Gasteiger partial charge in [-0.25, -0.2) is 0 Å². The maximum absolute atomic E-state index is 12.9. The van der Waals surface area contributed by atoms with Crippen molar-refractivity contribution in [3.05, 3.63) is 59.7 Å². The predicted octanol–water partition coefficient (Wildman–Crippen LogP) is 4.27. The first-order valence-electron chi connectivity index (χ1n) is 9.30. The summed E-state index contributed by atoms with van der Waals surface area (Å²) in [4.78, 5) is 30.9. The molecule has 1 aliphatic heterocycles. The number of aliphatic imine (C=N–C) groups is 1. The van der Waals surface area contributed by atoms with E-state index in [1.54, 1.807) is 12.1 Å². The lowest BCUT2D eigenvalue weighted by Crippen LogP contribution is -2.58. The smallest absolute Gasteiger partial charge is 0.251 e. The third-order valence-electron chi connectivity index (χ3n) is 4.94. The number of nitrogens with zero attached hydrogens (tertiary/aromatic N) is 2. The summed E-state index contributed by atoms with van der Waals surface area (Å²) in [7, 11) is 0. The SMILES string of the molecule is CC[C@@H](C)c1ccc(N=C[C@@H]2C(=O)NC(=S)N(c3ccc(C)cc3)C2=O)cc1. The Morgan fingerprint density at radius 2 is 1.79 bits per heavy atom. The van der Waals surface area contributed by atoms with E-state index in [2.05, 4.69) is 24.2 Å². The van der Waals surface area contributed by atoms with Crippen LogP contribution in [-0.2, 0) is 9.59 Å². The molecule has 1 saturated heterocycles. The maximum atomic E-state index is 12.9. The van der Waals surface area contributed by atoms with Crippen LogP contribution >= 0.6 is 12.2 Å². The van der Waals surface area contributed by atoms with Crippen molar-refractivity contribution in [2.75, 3.05) is 4.90 Å². The second-order valence-electron chi connectivity index (χ2n) is 6.96. The summed E-state index contributed by atoms with van der Waals surface area (Å²) < 4.78 is 0. The molecule has 5 nitrogen and oxygen atoms in total. The summed E-state index contributed by atoms with van der Waals surface area (Å²) in [5.41, 5.74) is 3.63. The normalized spacial score (nSPS) is 18.5. The van der Waals surface area contributed by atoms with Gasteiger partial charge in [-0.05, 0) is 61.3 Å². The molecule has 0 aliphatic carbocycles. The average molecular weight is 394 g/mol. The van der Waals surface area contributed by atoms with Gasteiger partial charge in [-0.3, -0.25) is 19.5 Å². The van der Waals surface area contributed by atoms with Crippen molar-refractivity contribution < 1.29 is 9.59 Å². The lowest BCUT2D eigenvalue weighted by molar-refractivity contribution is -0.130. The molecule has 1 aliphatic rings. The minimum Gasteiger partial charge on any atom is -0.301 e. The Bertz CT molecular complexity index is 920. The van der Waals surface area contributed by atoms with Gasteiger partial charge in [0.05, 0.1) is 11.4 Å². The number of amides is 2. The number of carbonyl (C=O) groups is 2. The van der Waals surface area contributed by atoms with E-state index in [1.165, 1.54) is 16.7 Å². The van der Waals surface area contributed by atoms with E-state index in [4.69, 9.17) is 12.2 Å². The van der Waals surface area contributed by atoms with Gasteiger partial charge in [0.15, 0.2) is 11.0 Å². The van der Waals surface area contributed by atoms with Crippen LogP contribution in [0.2, 0.25) is 0 Å². The molecule has 2 aromatic rings. The molecule has 0 saturated carbocycles. The molecule has 1 heterocycles. The van der Waals surface area contributed by atoms with Crippen LogP contribution in [0.3, 0.4) is 0 Å². The molecule has 0 bridgehead atoms. The molecule has 3 rings (SSSR count). The molecule has 6 heteroatoms. The molecular formula is C22H23N3O2S. The molecule has 2 amide bonds. The Hall–Kier alpha value is -2.86. The molecule has 0 spiro atoms. The predicted molar refractivity (Wildman–Crippen MR) is 116 cm³/mol. The number of hydrogen-bond acceptors (Lipinski definition) is 4. The molecular weight excluding hydrogens is 370 g/mol. The van der Waals surface area contributed by atoms with Crippen molar-refractivity contribution >= 4 is 46.7 Å². The lowest BCUT2D eigenvalue weighted by atomic mass is 9.99. The van der Waals surface area contributed by atoms with Gasteiger partial charge in [0.25, 0.3) is 5.91 Å². The van der Waals surface area contributed by atoms with Crippen molar-refractivity contribution in [2.24, 2.45) is 10.9 Å². The van der Waals surface area contributed by atoms with Gasteiger partial charge in [-0.1, -0.05) is 43.7 Å². The summed E-state index contributed by atoms with van der Waals surface area (Å²) in [6, 6.07) is 15.2. The van der Waals surface area contributed by atoms with Crippen molar-refractivity contribution in [1.82, 2.24) is 5.32 Å². The summed E-state index contributed by atoms with van der Waals surface area (Å²) in [6.45, 7) is 6.28. The van der Waals surface area contributed by atoms with Crippen LogP contribution < -0.4 is 10.2 Å². The zero-order valence-corrected chi connectivity index (χ0v) is 17.0. The quantitative estimate of drug-likeness (QED) is 0.469. The van der Waals surface area contributed by atoms with Crippen molar-refractivity contribution in [1.29, 1.82) is 0 Å². The third-order valence-corrected chi connectivity index (χ3v) is 5.23. The van der Waals surface area contributed by atoms with E-state index in [9.17, 15) is 9.59 Å². The van der Waals surface area contributed by atoms with Crippen LogP contribution in [0.4, 0.5) is 11.4 Å². The van der Waals surface area contributed by atoms with E-state index in [-0.39, 0.29) is 5.11 Å². The van der Waals surface area contributed by atoms with E-state index < -0.39 is 17.7 Å². The summed E-state index contributed by atoms with van der Waals surface area (Å²) in [6.07, 6.45) is 2.45. The first-order valence-corrected chi connectivity index (χ1v) is 9.71. The van der Waals surface area contributed by atoms with Crippen LogP contribution in [0.5, 0.6) is 0 Å². The molecule has 1 N–H and O–H groups in total. The van der Waals surface area contributed by atoms with Crippen LogP contribution in [0.25, 0.3) is 0 Å². The van der Waals surface area contributed by atoms with E-state index >= 15 is 0 Å². The topological polar surface area (TPSA) is 61.8 Å². The highest BCUT2D eigenvalue weighted by molar-refractivity contribution is 7.80. The van der Waals surface area contributed by atoms with E-state index in [1.807, 2.05) is 43.3 Å². The van der Waals surface area contributed by atoms with Gasteiger partial charge in [0.2, 0.25) is 5.91 Å². The summed E-state index contributed by atoms with van der Waals surface area (Å²) >= 11 is 5.21. The van der Waals surface area contributed by atoms with Crippen LogP contribution in [-0.4, -0.2) is 23.1 Å². The fourth-order valence-electron chi connectivity index (χ4n) is 2.95. The number of benzene rings is 2. The minimum absolute atomic E-state index is 0.0846. The highest BCUT2D eigenvalue weighted by Gasteiger charge is 2.38. The standard InChI is InChI=1S/C22H23N3O2S/c1-4-15(3)16-7-9-17(10-8-16)23-13-19-20(26)24-22(28)25(21(19)27)18-11-5-14(2)6-12-18/h5-13,15,19H,4H2,1-3H3,(H,24,26,28)/t15-,19-/m1/s1. The largest absolute Gasteiger partial charge is 0.301 e. The zero-order valence-electron chi connectivity index (χ0n) is 16.2. The summed E-state index contributed by atoms with van der Waals surface area (Å²) in [5.74, 6) is -1.41. The average Bonchev–Trinajstić information content (AvgIpc) is 2.69. The van der Waals surface area contributed by atoms with Gasteiger partial charge in [0, 0.05) is 6.21 Å². The number of thiocarbonyl (C=S) groups is 1. The highest BCUT2D eigenvalue weighted by Crippen LogP contribution is 2.23. The Kier molecular flexibility index (Phi) is 5.99. The van der Waals surface area contributed by atoms with Crippen molar-refractivity contribution in [3.63, 3.8) is 0 Å². The van der Waals surface area contributed by atoms with Crippen molar-refractivity contribution in [3.8, 4) is 0 Å². The Morgan fingerprint density at radius 3 is 2.39 bits per heavy atom. The van der Waals surface area contributed by atoms with Crippen molar-refractivity contribution in [2.45, 2.75) is 33.1 Å². The minimum atomic E-state index is -1.03. The lowest BCUT2D eigenvalue weighted by Gasteiger charge is -2.30. The molecule has 28 heavy (non-hydrogen) atoms. The van der Waals surface area contributed by atoms with Gasteiger partial charge in [0.1, 0.15) is 0 Å². The molecule has 0 unspecified atom stereocenters. The first-order chi connectivity index (χ1) is 13.4. The fourth-order valence-corrected chi connectivity index (χ4v) is 3.24. The fraction of sp³-hybridized carbons (Fsp3) is 0.273. The molecule has 1 fully saturated rings. The Balaban J connectivity index is 1.81. The number of nitrogens with one attached hydrogen (secondary N) is 1. The molecule has 0 radical (unpaired) electrons. The van der Waals surface area contributed by atoms with E-state index in [0.29, 0.717) is 17.3 Å². The van der Waals surface area contributed by atoms with E-state index in [0.717, 1.165) is 12.0 Å². The Labute approximate surface area is 170 Å². The number of aryl methyl sites for hydroxylation is 1. The molecule has 0 aromatic heterocycles. The Morgan fingerprint density at radius 1 is 1.14 bits per heavy atom. The monoisotopic (exact) mass is 393 g/mol. The van der Waals surface area contributed by atoms with Gasteiger partial charge >= 0.3 is 0 Å². The third kappa shape index (κ3) is 4.17. The number of carbonyl (C=O) groups excluding carboxylic acids is 2. The highest BCUT2D eigenvalue weighted by atomic mass is 32.1. The summed E-state index contributed by atoms with van der Waals surface area (Å²) in [5, 5.41) is 2.68. The first kappa shape index (κ1) is 19.9. The number of anilines is 1. The zero-order chi connectivity index (χ0) is 20.3. The second-order valence-corrected chi connectivity index (χ2v) is 7.35. The maximum Gasteiger partial charge on any atom is 0.251 e. The molecule has 2 atom stereocenters. The van der Waals surface area contributed by atoms with Gasteiger partial charge in [-0.15, -0.1) is 0 Å². The van der Waals surface area contributed by atoms with Crippen LogP contribution in [0.15, 0.2) is 53.5 Å². The van der Waals surface area contributed by atoms with Crippen LogP contribution in [0, 0.1) is 12.8 Å². The number of hydrogen-bond donors (Lipinski definition) is 1. The van der Waals surface area contributed by atoms with Gasteiger partial charge < -0.3 is 5.32 Å². The van der Waals surface area contributed by atoms with Crippen LogP contribution in [0.1, 0.15) is 37.3 Å². The molecule has 2 aromatic carbocycles. The van der Waals surface area contributed by atoms with Gasteiger partial charge in [-0.2, -0.15) is 0 Å². The number of rotatable bonds is 5. The molecule has 144 valence electrons.